The Kier molecular flexibility index (Phi) is 6.53. The van der Waals surface area contributed by atoms with Gasteiger partial charge in [-0.3, -0.25) is 9.59 Å². The van der Waals surface area contributed by atoms with Gasteiger partial charge in [0, 0.05) is 11.4 Å². The second-order valence-electron chi connectivity index (χ2n) is 7.25. The van der Waals surface area contributed by atoms with Gasteiger partial charge in [-0.25, -0.2) is 9.37 Å². The molecule has 0 fully saturated rings. The predicted molar refractivity (Wildman–Crippen MR) is 129 cm³/mol. The number of hydrogen-bond donors (Lipinski definition) is 2. The third-order valence-electron chi connectivity index (χ3n) is 4.73. The molecular formula is C24H20FN3O2S2. The van der Waals surface area contributed by atoms with Crippen LogP contribution in [0.1, 0.15) is 21.5 Å². The van der Waals surface area contributed by atoms with Crippen LogP contribution < -0.4 is 10.6 Å². The first kappa shape index (κ1) is 22.0. The molecule has 4 aromatic rings. The maximum atomic E-state index is 13.8. The van der Waals surface area contributed by atoms with Gasteiger partial charge >= 0.3 is 0 Å². The molecule has 3 aromatic carbocycles. The fourth-order valence-corrected chi connectivity index (χ4v) is 5.06. The SMILES string of the molecule is Cc1ccc(NC(=O)CSc2nc3ccc(NC(=O)c4ccccc4F)cc3s2)c(C)c1. The van der Waals surface area contributed by atoms with E-state index in [2.05, 4.69) is 15.6 Å². The summed E-state index contributed by atoms with van der Waals surface area (Å²) in [4.78, 5) is 29.2. The second-order valence-corrected chi connectivity index (χ2v) is 9.50. The van der Waals surface area contributed by atoms with E-state index in [0.29, 0.717) is 5.69 Å². The quantitative estimate of drug-likeness (QED) is 0.341. The zero-order valence-corrected chi connectivity index (χ0v) is 19.1. The van der Waals surface area contributed by atoms with Gasteiger partial charge in [-0.05, 0) is 55.8 Å². The van der Waals surface area contributed by atoms with Crippen LogP contribution in [0.15, 0.2) is 65.0 Å². The Hall–Kier alpha value is -3.23. The van der Waals surface area contributed by atoms with Gasteiger partial charge in [0.05, 0.1) is 21.5 Å². The normalized spacial score (nSPS) is 10.8. The number of halogens is 1. The number of aryl methyl sites for hydroxylation is 2. The Morgan fingerprint density at radius 3 is 2.62 bits per heavy atom. The molecule has 4 rings (SSSR count). The molecule has 0 unspecified atom stereocenters. The highest BCUT2D eigenvalue weighted by Crippen LogP contribution is 2.31. The number of rotatable bonds is 6. The minimum atomic E-state index is -0.568. The number of aromatic nitrogens is 1. The van der Waals surface area contributed by atoms with Crippen molar-refractivity contribution in [2.75, 3.05) is 16.4 Å². The number of nitrogens with zero attached hydrogens (tertiary/aromatic N) is 1. The second kappa shape index (κ2) is 9.50. The van der Waals surface area contributed by atoms with E-state index in [0.717, 1.165) is 31.4 Å². The smallest absolute Gasteiger partial charge is 0.258 e. The highest BCUT2D eigenvalue weighted by molar-refractivity contribution is 8.01. The maximum absolute atomic E-state index is 13.8. The number of amides is 2. The van der Waals surface area contributed by atoms with Crippen molar-refractivity contribution in [3.63, 3.8) is 0 Å². The van der Waals surface area contributed by atoms with Crippen molar-refractivity contribution in [1.82, 2.24) is 4.98 Å². The number of carbonyl (C=O) groups is 2. The lowest BCUT2D eigenvalue weighted by molar-refractivity contribution is -0.113. The van der Waals surface area contributed by atoms with Crippen LogP contribution >= 0.6 is 23.1 Å². The number of fused-ring (bicyclic) bond motifs is 1. The molecule has 32 heavy (non-hydrogen) atoms. The number of thioether (sulfide) groups is 1. The molecule has 0 saturated carbocycles. The van der Waals surface area contributed by atoms with Crippen molar-refractivity contribution >= 4 is 56.5 Å². The molecule has 1 aromatic heterocycles. The summed E-state index contributed by atoms with van der Waals surface area (Å²) in [5.41, 5.74) is 4.29. The summed E-state index contributed by atoms with van der Waals surface area (Å²) in [5.74, 6) is -0.936. The lowest BCUT2D eigenvalue weighted by Crippen LogP contribution is -2.14. The van der Waals surface area contributed by atoms with Gasteiger partial charge in [-0.15, -0.1) is 11.3 Å². The highest BCUT2D eigenvalue weighted by atomic mass is 32.2. The van der Waals surface area contributed by atoms with Crippen LogP contribution in [0.25, 0.3) is 10.2 Å². The summed E-state index contributed by atoms with van der Waals surface area (Å²) in [6, 6.07) is 17.1. The first-order valence-corrected chi connectivity index (χ1v) is 11.7. The summed E-state index contributed by atoms with van der Waals surface area (Å²) in [6.07, 6.45) is 0. The van der Waals surface area contributed by atoms with Gasteiger partial charge in [0.15, 0.2) is 4.34 Å². The van der Waals surface area contributed by atoms with E-state index in [4.69, 9.17) is 0 Å². The molecule has 0 aliphatic heterocycles. The summed E-state index contributed by atoms with van der Waals surface area (Å²) in [5, 5.41) is 5.65. The molecule has 5 nitrogen and oxygen atoms in total. The topological polar surface area (TPSA) is 71.1 Å². The Bertz CT molecular complexity index is 1320. The Morgan fingerprint density at radius 2 is 1.84 bits per heavy atom. The van der Waals surface area contributed by atoms with Gasteiger partial charge < -0.3 is 10.6 Å². The molecule has 0 bridgehead atoms. The van der Waals surface area contributed by atoms with Crippen LogP contribution in [0.3, 0.4) is 0 Å². The van der Waals surface area contributed by atoms with Crippen molar-refractivity contribution in [3.05, 3.63) is 83.2 Å². The molecule has 0 atom stereocenters. The summed E-state index contributed by atoms with van der Waals surface area (Å²) < 4.78 is 15.4. The maximum Gasteiger partial charge on any atom is 0.258 e. The molecule has 2 amide bonds. The van der Waals surface area contributed by atoms with Crippen molar-refractivity contribution in [1.29, 1.82) is 0 Å². The molecule has 2 N–H and O–H groups in total. The minimum Gasteiger partial charge on any atom is -0.325 e. The van der Waals surface area contributed by atoms with E-state index in [1.165, 1.54) is 41.3 Å². The molecule has 162 valence electrons. The Balaban J connectivity index is 1.40. The van der Waals surface area contributed by atoms with E-state index < -0.39 is 11.7 Å². The number of benzene rings is 3. The van der Waals surface area contributed by atoms with Gasteiger partial charge in [-0.1, -0.05) is 41.6 Å². The van der Waals surface area contributed by atoms with Crippen molar-refractivity contribution in [3.8, 4) is 0 Å². The van der Waals surface area contributed by atoms with Gasteiger partial charge in [0.1, 0.15) is 5.82 Å². The van der Waals surface area contributed by atoms with Crippen LogP contribution in [0.2, 0.25) is 0 Å². The van der Waals surface area contributed by atoms with E-state index in [1.54, 1.807) is 24.3 Å². The Labute approximate surface area is 193 Å². The fraction of sp³-hybridized carbons (Fsp3) is 0.125. The highest BCUT2D eigenvalue weighted by Gasteiger charge is 2.13. The monoisotopic (exact) mass is 465 g/mol. The average Bonchev–Trinajstić information content (AvgIpc) is 3.17. The average molecular weight is 466 g/mol. The number of carbonyl (C=O) groups excluding carboxylic acids is 2. The lowest BCUT2D eigenvalue weighted by Gasteiger charge is -2.08. The molecule has 0 spiro atoms. The number of hydrogen-bond acceptors (Lipinski definition) is 5. The number of anilines is 2. The Morgan fingerprint density at radius 1 is 1.03 bits per heavy atom. The molecule has 0 saturated heterocycles. The summed E-state index contributed by atoms with van der Waals surface area (Å²) in [6.45, 7) is 3.98. The van der Waals surface area contributed by atoms with E-state index >= 15 is 0 Å². The molecule has 0 aliphatic carbocycles. The number of nitrogens with one attached hydrogen (secondary N) is 2. The fourth-order valence-electron chi connectivity index (χ4n) is 3.15. The zero-order chi connectivity index (χ0) is 22.7. The first-order chi connectivity index (χ1) is 15.4. The van der Waals surface area contributed by atoms with Gasteiger partial charge in [0.25, 0.3) is 5.91 Å². The van der Waals surface area contributed by atoms with Crippen LogP contribution in [-0.4, -0.2) is 22.6 Å². The minimum absolute atomic E-state index is 0.0111. The standard InChI is InChI=1S/C24H20FN3O2S2/c1-14-7-9-19(15(2)11-14)27-22(29)13-31-24-28-20-10-8-16(12-21(20)32-24)26-23(30)17-5-3-4-6-18(17)25/h3-12H,13H2,1-2H3,(H,26,30)(H,27,29). The van der Waals surface area contributed by atoms with Crippen molar-refractivity contribution < 1.29 is 14.0 Å². The largest absolute Gasteiger partial charge is 0.325 e. The van der Waals surface area contributed by atoms with Gasteiger partial charge in [-0.2, -0.15) is 0 Å². The van der Waals surface area contributed by atoms with E-state index in [1.807, 2.05) is 32.0 Å². The molecule has 0 radical (unpaired) electrons. The van der Waals surface area contributed by atoms with Crippen LogP contribution in [0, 0.1) is 19.7 Å². The van der Waals surface area contributed by atoms with E-state index in [9.17, 15) is 14.0 Å². The third-order valence-corrected chi connectivity index (χ3v) is 6.89. The lowest BCUT2D eigenvalue weighted by atomic mass is 10.1. The van der Waals surface area contributed by atoms with Crippen LogP contribution in [0.5, 0.6) is 0 Å². The van der Waals surface area contributed by atoms with Crippen LogP contribution in [-0.2, 0) is 4.79 Å². The molecular weight excluding hydrogens is 445 g/mol. The zero-order valence-electron chi connectivity index (χ0n) is 17.4. The summed E-state index contributed by atoms with van der Waals surface area (Å²) >= 11 is 2.80. The van der Waals surface area contributed by atoms with Crippen molar-refractivity contribution in [2.45, 2.75) is 18.2 Å². The third kappa shape index (κ3) is 5.15. The van der Waals surface area contributed by atoms with Crippen molar-refractivity contribution in [2.24, 2.45) is 0 Å². The first-order valence-electron chi connectivity index (χ1n) is 9.85. The van der Waals surface area contributed by atoms with Crippen LogP contribution in [0.4, 0.5) is 15.8 Å². The number of thiazole rings is 1. The molecule has 0 aliphatic rings. The predicted octanol–water partition coefficient (Wildman–Crippen LogP) is 6.04. The molecule has 1 heterocycles. The summed E-state index contributed by atoms with van der Waals surface area (Å²) in [7, 11) is 0. The molecule has 8 heteroatoms. The van der Waals surface area contributed by atoms with Gasteiger partial charge in [0.2, 0.25) is 5.91 Å². The van der Waals surface area contributed by atoms with E-state index in [-0.39, 0.29) is 17.2 Å².